The van der Waals surface area contributed by atoms with Crippen LogP contribution in [0.25, 0.3) is 0 Å². The van der Waals surface area contributed by atoms with E-state index in [-0.39, 0.29) is 17.6 Å². The first-order valence-electron chi connectivity index (χ1n) is 8.73. The zero-order valence-electron chi connectivity index (χ0n) is 13.8. The molecule has 0 bridgehead atoms. The van der Waals surface area contributed by atoms with Gasteiger partial charge < -0.3 is 14.6 Å². The molecule has 4 rings (SSSR count). The molecule has 2 aromatic rings. The lowest BCUT2D eigenvalue weighted by atomic mass is 10.0. The zero-order chi connectivity index (χ0) is 16.4. The largest absolute Gasteiger partial charge is 0.393 e. The quantitative estimate of drug-likeness (QED) is 0.846. The molecule has 24 heavy (non-hydrogen) atoms. The predicted octanol–water partition coefficient (Wildman–Crippen LogP) is 3.56. The highest BCUT2D eigenvalue weighted by atomic mass is 16.5. The van der Waals surface area contributed by atoms with Crippen LogP contribution in [0.4, 0.5) is 0 Å². The van der Waals surface area contributed by atoms with Crippen molar-refractivity contribution in [3.8, 4) is 0 Å². The number of aliphatic hydroxyl groups excluding tert-OH is 1. The lowest BCUT2D eigenvalue weighted by molar-refractivity contribution is -0.0418. The van der Waals surface area contributed by atoms with Gasteiger partial charge in [0.05, 0.1) is 32.0 Å². The van der Waals surface area contributed by atoms with Gasteiger partial charge in [-0.05, 0) is 23.5 Å². The molecule has 2 aliphatic carbocycles. The minimum Gasteiger partial charge on any atom is -0.393 e. The van der Waals surface area contributed by atoms with Crippen molar-refractivity contribution in [1.29, 1.82) is 0 Å². The smallest absolute Gasteiger partial charge is 0.0720 e. The summed E-state index contributed by atoms with van der Waals surface area (Å²) < 4.78 is 12.2. The Morgan fingerprint density at radius 2 is 1.54 bits per heavy atom. The maximum atomic E-state index is 10.3. The molecule has 0 aromatic heterocycles. The van der Waals surface area contributed by atoms with E-state index in [1.54, 1.807) is 0 Å². The Labute approximate surface area is 143 Å². The maximum absolute atomic E-state index is 10.3. The van der Waals surface area contributed by atoms with Gasteiger partial charge in [-0.15, -0.1) is 0 Å². The summed E-state index contributed by atoms with van der Waals surface area (Å²) in [6.45, 7) is 1.89. The van der Waals surface area contributed by atoms with E-state index in [0.717, 1.165) is 12.8 Å². The van der Waals surface area contributed by atoms with Crippen LogP contribution >= 0.6 is 0 Å². The molecule has 3 heteroatoms. The molecule has 0 heterocycles. The fourth-order valence-electron chi connectivity index (χ4n) is 4.06. The second-order valence-electron chi connectivity index (χ2n) is 7.11. The molecule has 3 nitrogen and oxygen atoms in total. The van der Waals surface area contributed by atoms with E-state index in [0.29, 0.717) is 25.7 Å². The highest BCUT2D eigenvalue weighted by Crippen LogP contribution is 2.64. The first-order chi connectivity index (χ1) is 11.8. The van der Waals surface area contributed by atoms with E-state index in [2.05, 4.69) is 24.3 Å². The number of hydrogen-bond acceptors (Lipinski definition) is 3. The molecule has 2 saturated carbocycles. The van der Waals surface area contributed by atoms with Crippen molar-refractivity contribution in [2.24, 2.45) is 11.3 Å². The highest BCUT2D eigenvalue weighted by molar-refractivity contribution is 5.18. The number of aliphatic hydroxyl groups is 1. The first kappa shape index (κ1) is 15.8. The number of fused-ring (bicyclic) bond motifs is 1. The van der Waals surface area contributed by atoms with Crippen molar-refractivity contribution < 1.29 is 14.6 Å². The highest BCUT2D eigenvalue weighted by Gasteiger charge is 2.67. The van der Waals surface area contributed by atoms with Crippen LogP contribution in [0.2, 0.25) is 0 Å². The molecular formula is C21H24O3. The van der Waals surface area contributed by atoms with Gasteiger partial charge in [0.1, 0.15) is 0 Å². The number of hydrogen-bond donors (Lipinski definition) is 1. The Kier molecular flexibility index (Phi) is 4.40. The van der Waals surface area contributed by atoms with Crippen LogP contribution in [0.3, 0.4) is 0 Å². The van der Waals surface area contributed by atoms with Crippen LogP contribution in [0, 0.1) is 11.3 Å². The summed E-state index contributed by atoms with van der Waals surface area (Å²) >= 11 is 0. The molecule has 0 saturated heterocycles. The predicted molar refractivity (Wildman–Crippen MR) is 92.3 cm³/mol. The molecule has 0 aliphatic heterocycles. The Hall–Kier alpha value is -1.68. The van der Waals surface area contributed by atoms with Gasteiger partial charge in [0.25, 0.3) is 0 Å². The average molecular weight is 324 g/mol. The zero-order valence-corrected chi connectivity index (χ0v) is 13.8. The molecule has 126 valence electrons. The molecule has 0 unspecified atom stereocenters. The van der Waals surface area contributed by atoms with Gasteiger partial charge in [0, 0.05) is 11.8 Å². The molecule has 0 radical (unpaired) electrons. The number of benzene rings is 2. The van der Waals surface area contributed by atoms with E-state index in [9.17, 15) is 5.11 Å². The Balaban J connectivity index is 1.34. The summed E-state index contributed by atoms with van der Waals surface area (Å²) in [4.78, 5) is 0. The Morgan fingerprint density at radius 1 is 0.917 bits per heavy atom. The fraction of sp³-hybridized carbons (Fsp3) is 0.429. The summed E-state index contributed by atoms with van der Waals surface area (Å²) in [5, 5.41) is 10.3. The van der Waals surface area contributed by atoms with Gasteiger partial charge in [0.15, 0.2) is 0 Å². The Morgan fingerprint density at radius 3 is 2.17 bits per heavy atom. The van der Waals surface area contributed by atoms with Crippen molar-refractivity contribution in [3.05, 3.63) is 71.8 Å². The summed E-state index contributed by atoms with van der Waals surface area (Å²) in [7, 11) is 0. The molecular weight excluding hydrogens is 300 g/mol. The van der Waals surface area contributed by atoms with Crippen LogP contribution in [-0.2, 0) is 22.7 Å². The lowest BCUT2D eigenvalue weighted by Crippen LogP contribution is -2.27. The SMILES string of the molecule is O[C@H]1C[C@H](OCc2ccccc2)[C@]2(COCc3ccccc3)C[C@H]12. The van der Waals surface area contributed by atoms with Crippen LogP contribution in [0.5, 0.6) is 0 Å². The number of rotatable bonds is 7. The molecule has 2 aromatic carbocycles. The van der Waals surface area contributed by atoms with Crippen molar-refractivity contribution >= 4 is 0 Å². The summed E-state index contributed by atoms with van der Waals surface area (Å²) in [6.07, 6.45) is 1.59. The fourth-order valence-corrected chi connectivity index (χ4v) is 4.06. The summed E-state index contributed by atoms with van der Waals surface area (Å²) in [6, 6.07) is 20.5. The topological polar surface area (TPSA) is 38.7 Å². The number of ether oxygens (including phenoxy) is 2. The Bertz CT molecular complexity index is 657. The van der Waals surface area contributed by atoms with Crippen LogP contribution in [0.15, 0.2) is 60.7 Å². The van der Waals surface area contributed by atoms with E-state index in [4.69, 9.17) is 9.47 Å². The van der Waals surface area contributed by atoms with E-state index < -0.39 is 0 Å². The average Bonchev–Trinajstić information content (AvgIpc) is 3.30. The second-order valence-corrected chi connectivity index (χ2v) is 7.11. The van der Waals surface area contributed by atoms with Crippen molar-refractivity contribution in [2.75, 3.05) is 6.61 Å². The van der Waals surface area contributed by atoms with Gasteiger partial charge >= 0.3 is 0 Å². The van der Waals surface area contributed by atoms with Gasteiger partial charge in [-0.2, -0.15) is 0 Å². The van der Waals surface area contributed by atoms with Crippen molar-refractivity contribution in [1.82, 2.24) is 0 Å². The summed E-state index contributed by atoms with van der Waals surface area (Å²) in [5.41, 5.74) is 2.38. The third-order valence-electron chi connectivity index (χ3n) is 5.52. The van der Waals surface area contributed by atoms with Gasteiger partial charge in [-0.1, -0.05) is 60.7 Å². The molecule has 2 fully saturated rings. The van der Waals surface area contributed by atoms with E-state index in [1.807, 2.05) is 36.4 Å². The van der Waals surface area contributed by atoms with Crippen LogP contribution < -0.4 is 0 Å². The minimum atomic E-state index is -0.244. The molecule has 4 atom stereocenters. The van der Waals surface area contributed by atoms with Gasteiger partial charge in [-0.25, -0.2) is 0 Å². The van der Waals surface area contributed by atoms with Gasteiger partial charge in [-0.3, -0.25) is 0 Å². The van der Waals surface area contributed by atoms with Crippen LogP contribution in [0.1, 0.15) is 24.0 Å². The third kappa shape index (κ3) is 3.12. The maximum Gasteiger partial charge on any atom is 0.0720 e. The van der Waals surface area contributed by atoms with E-state index >= 15 is 0 Å². The molecule has 1 N–H and O–H groups in total. The van der Waals surface area contributed by atoms with Crippen molar-refractivity contribution in [2.45, 2.75) is 38.3 Å². The van der Waals surface area contributed by atoms with E-state index in [1.165, 1.54) is 11.1 Å². The molecule has 2 aliphatic rings. The minimum absolute atomic E-state index is 0.0168. The standard InChI is InChI=1S/C21H24O3/c22-19-11-20(24-14-17-9-5-2-6-10-17)21(12-18(19)21)15-23-13-16-7-3-1-4-8-16/h1-10,18-20,22H,11-15H2/t18-,19+,20+,21+/m1/s1. The molecule has 0 amide bonds. The van der Waals surface area contributed by atoms with Gasteiger partial charge in [0.2, 0.25) is 0 Å². The monoisotopic (exact) mass is 324 g/mol. The first-order valence-corrected chi connectivity index (χ1v) is 8.73. The summed E-state index contributed by atoms with van der Waals surface area (Å²) in [5.74, 6) is 0.342. The lowest BCUT2D eigenvalue weighted by Gasteiger charge is -2.24. The second kappa shape index (κ2) is 6.67. The third-order valence-corrected chi connectivity index (χ3v) is 5.52. The van der Waals surface area contributed by atoms with Crippen LogP contribution in [-0.4, -0.2) is 23.9 Å². The van der Waals surface area contributed by atoms with Crippen molar-refractivity contribution in [3.63, 3.8) is 0 Å². The normalized spacial score (nSPS) is 31.0. The molecule has 0 spiro atoms.